The summed E-state index contributed by atoms with van der Waals surface area (Å²) >= 11 is 1.58. The van der Waals surface area contributed by atoms with Crippen LogP contribution in [0.25, 0.3) is 0 Å². The van der Waals surface area contributed by atoms with Crippen LogP contribution in [0, 0.1) is 0 Å². The first kappa shape index (κ1) is 40.3. The molecule has 15 heteroatoms. The fourth-order valence-corrected chi connectivity index (χ4v) is 7.90. The Morgan fingerprint density at radius 2 is 1.54 bits per heavy atom. The van der Waals surface area contributed by atoms with Crippen molar-refractivity contribution < 1.29 is 37.4 Å². The number of nitrogens with zero attached hydrogens (tertiary/aromatic N) is 2. The molecular formula is C31H58N4O8SSi2. The quantitative estimate of drug-likeness (QED) is 0.145. The van der Waals surface area contributed by atoms with Crippen LogP contribution in [0.1, 0.15) is 85.5 Å². The summed E-state index contributed by atoms with van der Waals surface area (Å²) in [6, 6.07) is -0.864. The molecule has 0 saturated carbocycles. The zero-order chi connectivity index (χ0) is 35.5. The minimum absolute atomic E-state index is 0.0699. The zero-order valence-corrected chi connectivity index (χ0v) is 33.1. The summed E-state index contributed by atoms with van der Waals surface area (Å²) in [5.41, 5.74) is 4.97. The van der Waals surface area contributed by atoms with Gasteiger partial charge in [-0.1, -0.05) is 41.5 Å². The molecule has 1 aliphatic rings. The molecular weight excluding hydrogens is 645 g/mol. The predicted molar refractivity (Wildman–Crippen MR) is 186 cm³/mol. The number of ether oxygens (including phenoxy) is 3. The summed E-state index contributed by atoms with van der Waals surface area (Å²) < 4.78 is 33.0. The number of imidazole rings is 1. The first-order chi connectivity index (χ1) is 20.8. The molecule has 1 aliphatic heterocycles. The van der Waals surface area contributed by atoms with E-state index >= 15 is 0 Å². The van der Waals surface area contributed by atoms with E-state index in [2.05, 4.69) is 78.0 Å². The number of nitrogens with one attached hydrogen (secondary N) is 1. The Balaban J connectivity index is 2.39. The number of carbonyl (C=O) groups is 3. The number of esters is 1. The lowest BCUT2D eigenvalue weighted by molar-refractivity contribution is -0.143. The highest BCUT2D eigenvalue weighted by Crippen LogP contribution is 2.46. The van der Waals surface area contributed by atoms with Crippen LogP contribution in [0.3, 0.4) is 0 Å². The van der Waals surface area contributed by atoms with Gasteiger partial charge in [0.1, 0.15) is 29.5 Å². The van der Waals surface area contributed by atoms with Crippen molar-refractivity contribution >= 4 is 46.4 Å². The average molecular weight is 703 g/mol. The molecule has 5 atom stereocenters. The number of thioether (sulfide) groups is 1. The average Bonchev–Trinajstić information content (AvgIpc) is 3.48. The molecule has 2 heterocycles. The van der Waals surface area contributed by atoms with E-state index in [1.807, 2.05) is 0 Å². The Labute approximate surface area is 281 Å². The Bertz CT molecular complexity index is 1210. The second-order valence-electron chi connectivity index (χ2n) is 15.9. The van der Waals surface area contributed by atoms with Gasteiger partial charge in [-0.3, -0.25) is 4.79 Å². The lowest BCUT2D eigenvalue weighted by Gasteiger charge is -2.44. The smallest absolute Gasteiger partial charge is 0.408 e. The largest absolute Gasteiger partial charge is 0.467 e. The SMILES string of the molecule is COC(=O)[C@@H](CCSC[C@H]1O[C@@H](n2cnc(C(N)=O)c2)[C@H](O[Si](C)(C)C(C)(C)C)[C@@H]1O[Si](C)(C)C(C)(C)C)NC(=O)OC(C)(C)C. The summed E-state index contributed by atoms with van der Waals surface area (Å²) in [4.78, 5) is 41.0. The second-order valence-corrected chi connectivity index (χ2v) is 26.6. The maximum Gasteiger partial charge on any atom is 0.408 e. The number of rotatable bonds is 13. The van der Waals surface area contributed by atoms with Crippen LogP contribution in [0.2, 0.25) is 36.3 Å². The molecule has 0 aromatic carbocycles. The molecule has 0 unspecified atom stereocenters. The van der Waals surface area contributed by atoms with E-state index in [1.54, 1.807) is 49.6 Å². The summed E-state index contributed by atoms with van der Waals surface area (Å²) in [6.07, 6.45) is 0.912. The van der Waals surface area contributed by atoms with Crippen LogP contribution < -0.4 is 11.1 Å². The minimum atomic E-state index is -2.34. The molecule has 2 rings (SSSR count). The summed E-state index contributed by atoms with van der Waals surface area (Å²) in [5.74, 6) is -0.112. The van der Waals surface area contributed by atoms with E-state index in [-0.39, 0.29) is 21.9 Å². The maximum absolute atomic E-state index is 12.5. The Hall–Kier alpha value is -1.92. The Morgan fingerprint density at radius 1 is 1.00 bits per heavy atom. The molecule has 0 spiro atoms. The normalized spacial score (nSPS) is 22.0. The number of primary amides is 1. The molecule has 3 N–H and O–H groups in total. The van der Waals surface area contributed by atoms with E-state index in [9.17, 15) is 14.4 Å². The fraction of sp³-hybridized carbons (Fsp3) is 0.806. The molecule has 2 amide bonds. The van der Waals surface area contributed by atoms with E-state index in [1.165, 1.54) is 7.11 Å². The lowest BCUT2D eigenvalue weighted by Crippen LogP contribution is -2.53. The van der Waals surface area contributed by atoms with Gasteiger partial charge in [0.15, 0.2) is 22.9 Å². The van der Waals surface area contributed by atoms with Gasteiger partial charge in [0, 0.05) is 11.9 Å². The van der Waals surface area contributed by atoms with Gasteiger partial charge in [-0.15, -0.1) is 0 Å². The molecule has 0 radical (unpaired) electrons. The van der Waals surface area contributed by atoms with E-state index < -0.39 is 64.7 Å². The van der Waals surface area contributed by atoms with Crippen LogP contribution in [-0.2, 0) is 27.9 Å². The standard InChI is InChI=1S/C31H58N4O8SSi2/c1-29(2,3)41-28(38)34-20(27(37)39-10)15-16-44-18-22-23(42-45(11,12)30(4,5)6)24(43-46(13,14)31(7,8)9)26(40-22)35-17-21(25(32)36)33-19-35/h17,19-20,22-24,26H,15-16,18H2,1-14H3,(H2,32,36)(H,34,38)/t20-,22-,23-,24-,26-/m1/s1. The summed E-state index contributed by atoms with van der Waals surface area (Å²) in [7, 11) is -3.36. The van der Waals surface area contributed by atoms with Crippen molar-refractivity contribution in [2.75, 3.05) is 18.6 Å². The maximum atomic E-state index is 12.5. The molecule has 264 valence electrons. The van der Waals surface area contributed by atoms with Gasteiger partial charge in [-0.05, 0) is 69.2 Å². The van der Waals surface area contributed by atoms with Crippen molar-refractivity contribution in [3.05, 3.63) is 18.2 Å². The molecule has 1 aromatic rings. The number of hydrogen-bond donors (Lipinski definition) is 2. The monoisotopic (exact) mass is 702 g/mol. The number of carbonyl (C=O) groups excluding carboxylic acids is 3. The van der Waals surface area contributed by atoms with Crippen molar-refractivity contribution in [3.8, 4) is 0 Å². The molecule has 0 bridgehead atoms. The first-order valence-electron chi connectivity index (χ1n) is 15.8. The number of nitrogens with two attached hydrogens (primary N) is 1. The highest BCUT2D eigenvalue weighted by molar-refractivity contribution is 7.99. The van der Waals surface area contributed by atoms with Crippen molar-refractivity contribution in [2.24, 2.45) is 5.73 Å². The number of aromatic nitrogens is 2. The lowest BCUT2D eigenvalue weighted by atomic mass is 10.1. The number of methoxy groups -OCH3 is 1. The van der Waals surface area contributed by atoms with Crippen LogP contribution in [0.4, 0.5) is 4.79 Å². The topological polar surface area (TPSA) is 153 Å². The Morgan fingerprint density at radius 3 is 2.00 bits per heavy atom. The predicted octanol–water partition coefficient (Wildman–Crippen LogP) is 5.85. The fourth-order valence-electron chi connectivity index (χ4n) is 4.23. The minimum Gasteiger partial charge on any atom is -0.467 e. The van der Waals surface area contributed by atoms with Crippen molar-refractivity contribution in [2.45, 2.75) is 141 Å². The molecule has 12 nitrogen and oxygen atoms in total. The van der Waals surface area contributed by atoms with Gasteiger partial charge in [0.25, 0.3) is 5.91 Å². The summed E-state index contributed by atoms with van der Waals surface area (Å²) in [6.45, 7) is 27.2. The molecule has 0 aliphatic carbocycles. The molecule has 1 fully saturated rings. The zero-order valence-electron chi connectivity index (χ0n) is 30.3. The van der Waals surface area contributed by atoms with E-state index in [4.69, 9.17) is 28.8 Å². The van der Waals surface area contributed by atoms with Gasteiger partial charge < -0.3 is 38.7 Å². The van der Waals surface area contributed by atoms with E-state index in [0.717, 1.165) is 0 Å². The third kappa shape index (κ3) is 10.8. The third-order valence-electron chi connectivity index (χ3n) is 8.92. The van der Waals surface area contributed by atoms with Gasteiger partial charge in [0.2, 0.25) is 0 Å². The molecule has 1 aromatic heterocycles. The van der Waals surface area contributed by atoms with Crippen LogP contribution in [0.5, 0.6) is 0 Å². The van der Waals surface area contributed by atoms with Gasteiger partial charge in [-0.2, -0.15) is 11.8 Å². The van der Waals surface area contributed by atoms with Gasteiger partial charge >= 0.3 is 12.1 Å². The first-order valence-corrected chi connectivity index (χ1v) is 22.8. The van der Waals surface area contributed by atoms with Crippen LogP contribution in [0.15, 0.2) is 12.5 Å². The van der Waals surface area contributed by atoms with Crippen LogP contribution >= 0.6 is 11.8 Å². The number of amides is 2. The number of alkyl carbamates (subject to hydrolysis) is 1. The highest BCUT2D eigenvalue weighted by Gasteiger charge is 2.54. The second kappa shape index (κ2) is 15.1. The third-order valence-corrected chi connectivity index (χ3v) is 19.0. The van der Waals surface area contributed by atoms with Crippen molar-refractivity contribution in [1.29, 1.82) is 0 Å². The molecule has 1 saturated heterocycles. The van der Waals surface area contributed by atoms with Crippen molar-refractivity contribution in [1.82, 2.24) is 14.9 Å². The van der Waals surface area contributed by atoms with Crippen LogP contribution in [-0.4, -0.2) is 92.7 Å². The van der Waals surface area contributed by atoms with Gasteiger partial charge in [0.05, 0.1) is 19.5 Å². The highest BCUT2D eigenvalue weighted by atomic mass is 32.2. The summed E-state index contributed by atoms with van der Waals surface area (Å²) in [5, 5.41) is 2.48. The Kier molecular flexibility index (Phi) is 13.2. The molecule has 46 heavy (non-hydrogen) atoms. The van der Waals surface area contributed by atoms with E-state index in [0.29, 0.717) is 17.9 Å². The van der Waals surface area contributed by atoms with Crippen molar-refractivity contribution in [3.63, 3.8) is 0 Å². The van der Waals surface area contributed by atoms with Gasteiger partial charge in [-0.25, -0.2) is 14.6 Å². The number of hydrogen-bond acceptors (Lipinski definition) is 10.